The van der Waals surface area contributed by atoms with Gasteiger partial charge in [-0.3, -0.25) is 9.36 Å². The number of amides is 1. The quantitative estimate of drug-likeness (QED) is 0.602. The number of aromatic amines is 1. The lowest BCUT2D eigenvalue weighted by Gasteiger charge is -2.29. The summed E-state index contributed by atoms with van der Waals surface area (Å²) in [6.45, 7) is 1.22. The van der Waals surface area contributed by atoms with Crippen LogP contribution in [0.2, 0.25) is 0 Å². The molecule has 0 unspecified atom stereocenters. The Labute approximate surface area is 162 Å². The molecule has 1 saturated carbocycles. The van der Waals surface area contributed by atoms with Gasteiger partial charge in [0.25, 0.3) is 5.91 Å². The molecule has 2 N–H and O–H groups in total. The number of aromatic nitrogens is 5. The van der Waals surface area contributed by atoms with Gasteiger partial charge in [0.2, 0.25) is 5.95 Å². The zero-order valence-electron chi connectivity index (χ0n) is 15.8. The summed E-state index contributed by atoms with van der Waals surface area (Å²) in [6, 6.07) is 1.95. The first-order chi connectivity index (χ1) is 13.7. The first-order valence-electron chi connectivity index (χ1n) is 9.49. The first-order valence-corrected chi connectivity index (χ1v) is 9.49. The van der Waals surface area contributed by atoms with E-state index >= 15 is 0 Å². The molecule has 0 radical (unpaired) electrons. The van der Waals surface area contributed by atoms with Crippen molar-refractivity contribution >= 4 is 16.9 Å². The van der Waals surface area contributed by atoms with E-state index in [1.165, 1.54) is 0 Å². The smallest absolute Gasteiger partial charge is 0.272 e. The Balaban J connectivity index is 1.44. The third kappa shape index (κ3) is 4.05. The highest BCUT2D eigenvalue weighted by Crippen LogP contribution is 2.22. The van der Waals surface area contributed by atoms with Crippen LogP contribution in [-0.4, -0.2) is 62.9 Å². The van der Waals surface area contributed by atoms with Crippen LogP contribution in [0.3, 0.4) is 0 Å². The highest BCUT2D eigenvalue weighted by molar-refractivity contribution is 6.03. The van der Waals surface area contributed by atoms with Gasteiger partial charge >= 0.3 is 0 Å². The van der Waals surface area contributed by atoms with Crippen molar-refractivity contribution in [1.82, 2.24) is 29.8 Å². The molecule has 1 amide bonds. The van der Waals surface area contributed by atoms with Crippen molar-refractivity contribution in [3.8, 4) is 5.95 Å². The summed E-state index contributed by atoms with van der Waals surface area (Å²) in [7, 11) is 1.67. The van der Waals surface area contributed by atoms with E-state index in [1.807, 2.05) is 6.07 Å². The molecule has 1 fully saturated rings. The average Bonchev–Trinajstić information content (AvgIpc) is 3.40. The third-order valence-corrected chi connectivity index (χ3v) is 4.99. The van der Waals surface area contributed by atoms with E-state index in [0.29, 0.717) is 35.9 Å². The number of imidazole rings is 1. The summed E-state index contributed by atoms with van der Waals surface area (Å²) in [4.78, 5) is 29.0. The summed E-state index contributed by atoms with van der Waals surface area (Å²) < 4.78 is 12.5. The Morgan fingerprint density at radius 1 is 1.29 bits per heavy atom. The minimum absolute atomic E-state index is 0.117. The molecule has 1 aliphatic rings. The minimum Gasteiger partial charge on any atom is -0.382 e. The van der Waals surface area contributed by atoms with Crippen molar-refractivity contribution in [2.24, 2.45) is 0 Å². The molecule has 3 heterocycles. The van der Waals surface area contributed by atoms with Gasteiger partial charge in [-0.1, -0.05) is 0 Å². The Hall–Kier alpha value is -2.78. The van der Waals surface area contributed by atoms with E-state index in [4.69, 9.17) is 9.47 Å². The molecule has 0 aliphatic heterocycles. The fourth-order valence-electron chi connectivity index (χ4n) is 3.52. The van der Waals surface area contributed by atoms with Crippen LogP contribution in [0.1, 0.15) is 36.2 Å². The van der Waals surface area contributed by atoms with Crippen molar-refractivity contribution in [2.75, 3.05) is 20.3 Å². The summed E-state index contributed by atoms with van der Waals surface area (Å²) in [5, 5.41) is 3.12. The van der Waals surface area contributed by atoms with Gasteiger partial charge < -0.3 is 19.8 Å². The number of rotatable bonds is 7. The number of nitrogens with zero attached hydrogens (tertiary/aromatic N) is 4. The molecule has 0 bridgehead atoms. The van der Waals surface area contributed by atoms with Crippen LogP contribution >= 0.6 is 0 Å². The lowest BCUT2D eigenvalue weighted by atomic mass is 9.93. The van der Waals surface area contributed by atoms with E-state index in [0.717, 1.165) is 25.7 Å². The normalized spacial score (nSPS) is 19.8. The number of nitrogens with one attached hydrogen (secondary N) is 2. The van der Waals surface area contributed by atoms with E-state index in [9.17, 15) is 4.79 Å². The topological polar surface area (TPSA) is 107 Å². The average molecular weight is 384 g/mol. The Bertz CT molecular complexity index is 915. The maximum absolute atomic E-state index is 12.9. The van der Waals surface area contributed by atoms with Gasteiger partial charge in [0, 0.05) is 31.7 Å². The van der Waals surface area contributed by atoms with Crippen LogP contribution < -0.4 is 5.32 Å². The largest absolute Gasteiger partial charge is 0.382 e. The molecular formula is C19H24N6O3. The molecule has 1 aliphatic carbocycles. The van der Waals surface area contributed by atoms with Gasteiger partial charge in [-0.15, -0.1) is 0 Å². The molecular weight excluding hydrogens is 360 g/mol. The number of ether oxygens (including phenoxy) is 2. The van der Waals surface area contributed by atoms with Crippen LogP contribution in [0.5, 0.6) is 0 Å². The standard InChI is InChI=1S/C19H24N6O3/c1-27-10-11-28-14-4-2-13(3-5-14)22-18(26)17-16-15(6-7-21-16)23-19(24-17)25-9-8-20-12-25/h6-9,12-14,21H,2-5,10-11H2,1H3,(H,22,26). The second kappa shape index (κ2) is 8.49. The van der Waals surface area contributed by atoms with Crippen molar-refractivity contribution in [3.63, 3.8) is 0 Å². The molecule has 3 aromatic rings. The van der Waals surface area contributed by atoms with Gasteiger partial charge in [-0.2, -0.15) is 0 Å². The van der Waals surface area contributed by atoms with Crippen molar-refractivity contribution in [3.05, 3.63) is 36.7 Å². The van der Waals surface area contributed by atoms with E-state index in [1.54, 1.807) is 36.6 Å². The second-order valence-electron chi connectivity index (χ2n) is 6.89. The molecule has 4 rings (SSSR count). The Morgan fingerprint density at radius 2 is 2.14 bits per heavy atom. The summed E-state index contributed by atoms with van der Waals surface area (Å²) in [5.41, 5.74) is 1.68. The van der Waals surface area contributed by atoms with E-state index in [2.05, 4.69) is 25.3 Å². The number of carbonyl (C=O) groups is 1. The van der Waals surface area contributed by atoms with Gasteiger partial charge in [0.1, 0.15) is 6.33 Å². The summed E-state index contributed by atoms with van der Waals surface area (Å²) in [6.07, 6.45) is 10.6. The molecule has 9 heteroatoms. The fraction of sp³-hybridized carbons (Fsp3) is 0.474. The predicted molar refractivity (Wildman–Crippen MR) is 102 cm³/mol. The lowest BCUT2D eigenvalue weighted by Crippen LogP contribution is -2.39. The third-order valence-electron chi connectivity index (χ3n) is 4.99. The van der Waals surface area contributed by atoms with Crippen LogP contribution in [0.15, 0.2) is 31.0 Å². The van der Waals surface area contributed by atoms with Crippen LogP contribution in [0, 0.1) is 0 Å². The van der Waals surface area contributed by atoms with Crippen molar-refractivity contribution in [1.29, 1.82) is 0 Å². The SMILES string of the molecule is COCCOC1CCC(NC(=O)c2nc(-n3ccnc3)nc3cc[nH]c23)CC1. The van der Waals surface area contributed by atoms with Gasteiger partial charge in [0.15, 0.2) is 5.69 Å². The molecule has 0 atom stereocenters. The highest BCUT2D eigenvalue weighted by Gasteiger charge is 2.25. The lowest BCUT2D eigenvalue weighted by molar-refractivity contribution is -0.00409. The number of fused-ring (bicyclic) bond motifs is 1. The fourth-order valence-corrected chi connectivity index (χ4v) is 3.52. The number of methoxy groups -OCH3 is 1. The summed E-state index contributed by atoms with van der Waals surface area (Å²) in [5.74, 6) is 0.227. The Morgan fingerprint density at radius 3 is 2.89 bits per heavy atom. The van der Waals surface area contributed by atoms with Gasteiger partial charge in [-0.25, -0.2) is 15.0 Å². The first kappa shape index (κ1) is 18.6. The van der Waals surface area contributed by atoms with E-state index < -0.39 is 0 Å². The Kier molecular flexibility index (Phi) is 5.63. The predicted octanol–water partition coefficient (Wildman–Crippen LogP) is 1.85. The molecule has 28 heavy (non-hydrogen) atoms. The molecule has 3 aromatic heterocycles. The molecule has 148 valence electrons. The number of H-pyrrole nitrogens is 1. The minimum atomic E-state index is -0.194. The molecule has 0 aromatic carbocycles. The number of carbonyl (C=O) groups excluding carboxylic acids is 1. The maximum atomic E-state index is 12.9. The summed E-state index contributed by atoms with van der Waals surface area (Å²) >= 11 is 0. The second-order valence-corrected chi connectivity index (χ2v) is 6.89. The zero-order chi connectivity index (χ0) is 19.3. The molecule has 9 nitrogen and oxygen atoms in total. The number of hydrogen-bond acceptors (Lipinski definition) is 6. The molecule has 0 spiro atoms. The maximum Gasteiger partial charge on any atom is 0.272 e. The van der Waals surface area contributed by atoms with Crippen LogP contribution in [0.4, 0.5) is 0 Å². The highest BCUT2D eigenvalue weighted by atomic mass is 16.5. The molecule has 0 saturated heterocycles. The van der Waals surface area contributed by atoms with Crippen LogP contribution in [0.25, 0.3) is 17.0 Å². The zero-order valence-corrected chi connectivity index (χ0v) is 15.8. The van der Waals surface area contributed by atoms with Gasteiger partial charge in [0.05, 0.1) is 30.4 Å². The van der Waals surface area contributed by atoms with Crippen molar-refractivity contribution < 1.29 is 14.3 Å². The van der Waals surface area contributed by atoms with Gasteiger partial charge in [-0.05, 0) is 31.7 Å². The van der Waals surface area contributed by atoms with Crippen molar-refractivity contribution in [2.45, 2.75) is 37.8 Å². The van der Waals surface area contributed by atoms with Crippen LogP contribution in [-0.2, 0) is 9.47 Å². The van der Waals surface area contributed by atoms with E-state index in [-0.39, 0.29) is 18.1 Å². The monoisotopic (exact) mass is 384 g/mol. The number of hydrogen-bond donors (Lipinski definition) is 2.